The van der Waals surface area contributed by atoms with E-state index < -0.39 is 0 Å². The Morgan fingerprint density at radius 1 is 1.37 bits per heavy atom. The van der Waals surface area contributed by atoms with Gasteiger partial charge in [0.15, 0.2) is 5.78 Å². The van der Waals surface area contributed by atoms with Gasteiger partial charge in [-0.2, -0.15) is 5.26 Å². The maximum Gasteiger partial charge on any atom is 0.230 e. The van der Waals surface area contributed by atoms with Crippen molar-refractivity contribution < 1.29 is 9.59 Å². The summed E-state index contributed by atoms with van der Waals surface area (Å²) in [4.78, 5) is 28.4. The number of hydrogen-bond donors (Lipinski definition) is 1. The Bertz CT molecular complexity index is 934. The van der Waals surface area contributed by atoms with Gasteiger partial charge in [-0.05, 0) is 50.3 Å². The second-order valence-electron chi connectivity index (χ2n) is 6.64. The molecule has 1 aromatic heterocycles. The molecule has 0 saturated carbocycles. The van der Waals surface area contributed by atoms with E-state index in [9.17, 15) is 14.9 Å². The fourth-order valence-electron chi connectivity index (χ4n) is 3.40. The lowest BCUT2D eigenvalue weighted by atomic mass is 9.88. The van der Waals surface area contributed by atoms with Crippen LogP contribution in [0.2, 0.25) is 0 Å². The average molecular weight is 379 g/mol. The van der Waals surface area contributed by atoms with Crippen LogP contribution in [0.5, 0.6) is 0 Å². The fourth-order valence-corrected chi connectivity index (χ4v) is 4.22. The number of amides is 1. The molecule has 1 aliphatic carbocycles. The molecule has 6 heteroatoms. The van der Waals surface area contributed by atoms with Crippen molar-refractivity contribution in [2.75, 3.05) is 5.75 Å². The number of nitrogens with zero attached hydrogens (tertiary/aromatic N) is 2. The average Bonchev–Trinajstić information content (AvgIpc) is 2.66. The maximum atomic E-state index is 12.5. The second-order valence-corrected chi connectivity index (χ2v) is 7.61. The molecule has 3 rings (SSSR count). The molecule has 0 bridgehead atoms. The van der Waals surface area contributed by atoms with Gasteiger partial charge in [0.25, 0.3) is 0 Å². The van der Waals surface area contributed by atoms with Gasteiger partial charge in [-0.1, -0.05) is 36.0 Å². The Balaban J connectivity index is 1.68. The minimum absolute atomic E-state index is 0.0354. The number of benzene rings is 1. The van der Waals surface area contributed by atoms with Gasteiger partial charge in [-0.3, -0.25) is 9.59 Å². The van der Waals surface area contributed by atoms with Crippen molar-refractivity contribution in [2.24, 2.45) is 0 Å². The van der Waals surface area contributed by atoms with Crippen LogP contribution in [0.25, 0.3) is 0 Å². The molecule has 1 atom stereocenters. The summed E-state index contributed by atoms with van der Waals surface area (Å²) in [5.74, 6) is -0.0263. The molecule has 1 unspecified atom stereocenters. The third-order valence-electron chi connectivity index (χ3n) is 4.72. The van der Waals surface area contributed by atoms with Gasteiger partial charge in [-0.15, -0.1) is 0 Å². The number of nitriles is 1. The number of hydrogen-bond acceptors (Lipinski definition) is 5. The molecule has 1 aliphatic rings. The van der Waals surface area contributed by atoms with Crippen molar-refractivity contribution >= 4 is 23.5 Å². The highest BCUT2D eigenvalue weighted by Gasteiger charge is 2.22. The first-order chi connectivity index (χ1) is 13.0. The number of aryl methyl sites for hydroxylation is 2. The van der Waals surface area contributed by atoms with Gasteiger partial charge in [-0.25, -0.2) is 4.98 Å². The summed E-state index contributed by atoms with van der Waals surface area (Å²) < 4.78 is 0. The predicted molar refractivity (Wildman–Crippen MR) is 105 cm³/mol. The predicted octanol–water partition coefficient (Wildman–Crippen LogP) is 3.75. The largest absolute Gasteiger partial charge is 0.349 e. The van der Waals surface area contributed by atoms with Gasteiger partial charge in [0.2, 0.25) is 5.91 Å². The molecule has 2 aromatic rings. The molecule has 1 amide bonds. The fraction of sp³-hybridized carbons (Fsp3) is 0.333. The van der Waals surface area contributed by atoms with Crippen molar-refractivity contribution in [3.05, 3.63) is 58.3 Å². The quantitative estimate of drug-likeness (QED) is 0.632. The Morgan fingerprint density at radius 2 is 2.15 bits per heavy atom. The minimum Gasteiger partial charge on any atom is -0.349 e. The van der Waals surface area contributed by atoms with E-state index in [1.165, 1.54) is 29.8 Å². The van der Waals surface area contributed by atoms with E-state index in [0.29, 0.717) is 21.8 Å². The number of nitrogens with one attached hydrogen (secondary N) is 1. The molecule has 0 radical (unpaired) electrons. The number of fused-ring (bicyclic) bond motifs is 1. The highest BCUT2D eigenvalue weighted by Crippen LogP contribution is 2.30. The zero-order chi connectivity index (χ0) is 19.4. The van der Waals surface area contributed by atoms with Gasteiger partial charge >= 0.3 is 0 Å². The summed E-state index contributed by atoms with van der Waals surface area (Å²) in [6, 6.07) is 11.9. The van der Waals surface area contributed by atoms with Crippen LogP contribution in [-0.4, -0.2) is 22.4 Å². The van der Waals surface area contributed by atoms with E-state index in [2.05, 4.69) is 28.5 Å². The van der Waals surface area contributed by atoms with Crippen LogP contribution in [0.15, 0.2) is 35.4 Å². The molecule has 27 heavy (non-hydrogen) atoms. The highest BCUT2D eigenvalue weighted by molar-refractivity contribution is 8.00. The number of rotatable bonds is 5. The van der Waals surface area contributed by atoms with E-state index in [-0.39, 0.29) is 23.5 Å². The number of carbonyl (C=O) groups is 2. The summed E-state index contributed by atoms with van der Waals surface area (Å²) in [5.41, 5.74) is 3.83. The first kappa shape index (κ1) is 19.1. The van der Waals surface area contributed by atoms with E-state index in [1.54, 1.807) is 13.0 Å². The third kappa shape index (κ3) is 4.37. The van der Waals surface area contributed by atoms with Gasteiger partial charge in [0.1, 0.15) is 11.1 Å². The SMILES string of the molecule is CC(=O)c1cc(C#N)c(SCC(=O)NC2CCCc3ccccc32)nc1C. The number of thioether (sulfide) groups is 1. The molecular weight excluding hydrogens is 358 g/mol. The van der Waals surface area contributed by atoms with Crippen LogP contribution in [0.4, 0.5) is 0 Å². The first-order valence-electron chi connectivity index (χ1n) is 8.92. The van der Waals surface area contributed by atoms with E-state index >= 15 is 0 Å². The van der Waals surface area contributed by atoms with E-state index in [0.717, 1.165) is 19.3 Å². The van der Waals surface area contributed by atoms with Crippen molar-refractivity contribution in [3.8, 4) is 6.07 Å². The minimum atomic E-state index is -0.123. The van der Waals surface area contributed by atoms with Crippen molar-refractivity contribution in [1.82, 2.24) is 10.3 Å². The standard InChI is InChI=1S/C21H21N3O2S/c1-13-18(14(2)25)10-16(11-22)21(23-13)27-12-20(26)24-19-9-5-7-15-6-3-4-8-17(15)19/h3-4,6,8,10,19H,5,7,9,12H2,1-2H3,(H,24,26). The normalized spacial score (nSPS) is 15.5. The zero-order valence-electron chi connectivity index (χ0n) is 15.4. The monoisotopic (exact) mass is 379 g/mol. The maximum absolute atomic E-state index is 12.5. The van der Waals surface area contributed by atoms with E-state index in [4.69, 9.17) is 0 Å². The molecule has 0 aliphatic heterocycles. The van der Waals surface area contributed by atoms with Crippen molar-refractivity contribution in [1.29, 1.82) is 5.26 Å². The number of Topliss-reactive ketones (excluding diaryl/α,β-unsaturated/α-hetero) is 1. The number of carbonyl (C=O) groups excluding carboxylic acids is 2. The van der Waals surface area contributed by atoms with Crippen LogP contribution >= 0.6 is 11.8 Å². The molecular formula is C21H21N3O2S. The molecule has 0 saturated heterocycles. The summed E-state index contributed by atoms with van der Waals surface area (Å²) in [6.45, 7) is 3.19. The summed E-state index contributed by atoms with van der Waals surface area (Å²) in [6.07, 6.45) is 3.04. The van der Waals surface area contributed by atoms with Gasteiger partial charge in [0.05, 0.1) is 17.4 Å². The Hall–Kier alpha value is -2.65. The molecule has 1 aromatic carbocycles. The molecule has 138 valence electrons. The van der Waals surface area contributed by atoms with Crippen molar-refractivity contribution in [2.45, 2.75) is 44.2 Å². The van der Waals surface area contributed by atoms with Crippen LogP contribution in [0.3, 0.4) is 0 Å². The Kier molecular flexibility index (Phi) is 5.92. The molecule has 5 nitrogen and oxygen atoms in total. The second kappa shape index (κ2) is 8.36. The molecule has 1 heterocycles. The molecule has 0 fully saturated rings. The van der Waals surface area contributed by atoms with E-state index in [1.807, 2.05) is 12.1 Å². The van der Waals surface area contributed by atoms with Crippen LogP contribution < -0.4 is 5.32 Å². The Labute approximate surface area is 163 Å². The molecule has 1 N–H and O–H groups in total. The number of aromatic nitrogens is 1. The van der Waals surface area contributed by atoms with Crippen LogP contribution in [0, 0.1) is 18.3 Å². The summed E-state index contributed by atoms with van der Waals surface area (Å²) in [7, 11) is 0. The Morgan fingerprint density at radius 3 is 2.89 bits per heavy atom. The zero-order valence-corrected chi connectivity index (χ0v) is 16.2. The summed E-state index contributed by atoms with van der Waals surface area (Å²) >= 11 is 1.23. The number of ketones is 1. The van der Waals surface area contributed by atoms with Crippen molar-refractivity contribution in [3.63, 3.8) is 0 Å². The topological polar surface area (TPSA) is 82.8 Å². The van der Waals surface area contributed by atoms with Crippen LogP contribution in [-0.2, 0) is 11.2 Å². The third-order valence-corrected chi connectivity index (χ3v) is 5.71. The van der Waals surface area contributed by atoms with Crippen LogP contribution in [0.1, 0.15) is 58.5 Å². The number of pyridine rings is 1. The lowest BCUT2D eigenvalue weighted by molar-refractivity contribution is -0.119. The lowest BCUT2D eigenvalue weighted by Crippen LogP contribution is -2.32. The smallest absolute Gasteiger partial charge is 0.230 e. The first-order valence-corrected chi connectivity index (χ1v) is 9.90. The van der Waals surface area contributed by atoms with Gasteiger partial charge in [0, 0.05) is 11.3 Å². The molecule has 0 spiro atoms. The van der Waals surface area contributed by atoms with Gasteiger partial charge < -0.3 is 5.32 Å². The summed E-state index contributed by atoms with van der Waals surface area (Å²) in [5, 5.41) is 12.9. The highest BCUT2D eigenvalue weighted by atomic mass is 32.2. The lowest BCUT2D eigenvalue weighted by Gasteiger charge is -2.26.